The minimum Gasteiger partial charge on any atom is -0.495 e. The van der Waals surface area contributed by atoms with Crippen LogP contribution in [0.2, 0.25) is 0 Å². The molecule has 1 amide bonds. The first kappa shape index (κ1) is 53.4. The Bertz CT molecular complexity index is 2530. The number of hydrogen-bond donors (Lipinski definition) is 0. The number of hydroxylamine groups is 2. The summed E-state index contributed by atoms with van der Waals surface area (Å²) >= 11 is 6.85. The first-order valence-electron chi connectivity index (χ1n) is 21.9. The number of carbonyl (C=O) groups excluding carboxylic acids is 2. The normalized spacial score (nSPS) is 14.3. The number of amides is 1. The number of hydrogen-bond acceptors (Lipinski definition) is 17. The predicted octanol–water partition coefficient (Wildman–Crippen LogP) is 8.88. The van der Waals surface area contributed by atoms with Crippen LogP contribution < -0.4 is 28.7 Å². The van der Waals surface area contributed by atoms with Crippen LogP contribution in [-0.4, -0.2) is 136 Å². The third kappa shape index (κ3) is 13.2. The van der Waals surface area contributed by atoms with Crippen molar-refractivity contribution >= 4 is 54.9 Å². The van der Waals surface area contributed by atoms with Crippen molar-refractivity contribution in [3.8, 4) is 45.5 Å². The maximum atomic E-state index is 13.1. The molecule has 0 spiro atoms. The van der Waals surface area contributed by atoms with Crippen molar-refractivity contribution < 1.29 is 61.2 Å². The van der Waals surface area contributed by atoms with Gasteiger partial charge in [0.2, 0.25) is 0 Å². The minimum atomic E-state index is -0.829. The van der Waals surface area contributed by atoms with E-state index in [1.165, 1.54) is 39.0 Å². The second kappa shape index (κ2) is 26.3. The lowest BCUT2D eigenvalue weighted by Crippen LogP contribution is -2.36. The zero-order chi connectivity index (χ0) is 50.2. The molecular formula is C50H57Br2N5O13. The van der Waals surface area contributed by atoms with Gasteiger partial charge >= 0.3 is 0 Å². The second-order valence-corrected chi connectivity index (χ2v) is 16.9. The van der Waals surface area contributed by atoms with Crippen molar-refractivity contribution in [2.24, 2.45) is 0 Å². The van der Waals surface area contributed by atoms with Crippen LogP contribution in [0.15, 0.2) is 109 Å². The number of nitrogens with zero attached hydrogens (tertiary/aromatic N) is 5. The molecule has 0 saturated carbocycles. The zero-order valence-corrected chi connectivity index (χ0v) is 43.4. The second-order valence-electron chi connectivity index (χ2n) is 15.3. The lowest BCUT2D eigenvalue weighted by Gasteiger charge is -2.29. The monoisotopic (exact) mass is 1090 g/mol. The highest BCUT2D eigenvalue weighted by atomic mass is 79.9. The number of ketones is 1. The van der Waals surface area contributed by atoms with Crippen LogP contribution in [0.1, 0.15) is 34.0 Å². The maximum Gasteiger partial charge on any atom is 0.279 e. The Labute approximate surface area is 423 Å². The van der Waals surface area contributed by atoms with Crippen LogP contribution in [0.3, 0.4) is 0 Å². The number of morpholine rings is 2. The summed E-state index contributed by atoms with van der Waals surface area (Å²) in [6.07, 6.45) is 2.90. The molecule has 0 bridgehead atoms. The fourth-order valence-corrected chi connectivity index (χ4v) is 8.52. The molecule has 374 valence electrons. The van der Waals surface area contributed by atoms with Crippen LogP contribution in [-0.2, 0) is 28.6 Å². The van der Waals surface area contributed by atoms with E-state index in [4.69, 9.17) is 51.6 Å². The van der Waals surface area contributed by atoms with Crippen molar-refractivity contribution in [3.63, 3.8) is 0 Å². The summed E-state index contributed by atoms with van der Waals surface area (Å²) in [6.45, 7) is 6.39. The summed E-state index contributed by atoms with van der Waals surface area (Å²) in [7, 11) is 12.4. The Balaban J connectivity index is 0.000000186. The number of benzene rings is 4. The van der Waals surface area contributed by atoms with Gasteiger partial charge in [-0.15, -0.1) is 0 Å². The molecule has 4 aromatic carbocycles. The molecule has 6 aromatic rings. The van der Waals surface area contributed by atoms with Crippen molar-refractivity contribution in [3.05, 3.63) is 118 Å². The van der Waals surface area contributed by atoms with Crippen LogP contribution in [0.4, 0.5) is 11.4 Å². The standard InChI is InChI=1S/C24H25BrN2O6.C15H22N2O4.C11H10BrNO3/c1-29-19-12-16(13-20(30-2)21(19)25)18-14-33-24(26-18)22(28)23(31-3)15-4-6-17(7-5-15)27-8-10-32-11-9-27;1-16(20-3)15(18)14(19-2)12-4-6-13(7-5-12)17-8-10-21-11-9-17;1-14-9-3-7(8-5-16-6-13-8)4-10(15-2)11(9)12/h4-7,12-14,23H,8-11H2,1-3H3;4-7,14H,8-11H2,1-3H3;3-6H,1-2H3. The average Bonchev–Trinajstić information content (AvgIpc) is 4.15. The highest BCUT2D eigenvalue weighted by molar-refractivity contribution is 9.11. The van der Waals surface area contributed by atoms with E-state index in [9.17, 15) is 9.59 Å². The minimum absolute atomic E-state index is 0.0324. The number of aromatic nitrogens is 2. The highest BCUT2D eigenvalue weighted by Gasteiger charge is 2.28. The number of likely N-dealkylation sites (N-methyl/N-ethyl adjacent to an activating group) is 1. The third-order valence-corrected chi connectivity index (χ3v) is 12.9. The molecule has 0 aliphatic carbocycles. The van der Waals surface area contributed by atoms with Gasteiger partial charge in [-0.3, -0.25) is 14.4 Å². The number of ether oxygens (including phenoxy) is 8. The van der Waals surface area contributed by atoms with Crippen LogP contribution in [0.5, 0.6) is 23.0 Å². The van der Waals surface area contributed by atoms with E-state index in [2.05, 4.69) is 51.6 Å². The van der Waals surface area contributed by atoms with E-state index in [0.717, 1.165) is 77.6 Å². The Morgan fingerprint density at radius 1 is 0.614 bits per heavy atom. The smallest absolute Gasteiger partial charge is 0.279 e. The molecule has 2 saturated heterocycles. The van der Waals surface area contributed by atoms with E-state index in [1.54, 1.807) is 53.9 Å². The lowest BCUT2D eigenvalue weighted by atomic mass is 10.0. The Kier molecular flexibility index (Phi) is 20.0. The van der Waals surface area contributed by atoms with Crippen LogP contribution in [0.25, 0.3) is 22.5 Å². The molecule has 0 radical (unpaired) electrons. The number of oxazole rings is 2. The molecule has 70 heavy (non-hydrogen) atoms. The molecule has 8 rings (SSSR count). The van der Waals surface area contributed by atoms with E-state index in [0.29, 0.717) is 51.9 Å². The number of carbonyl (C=O) groups is 2. The fourth-order valence-electron chi connectivity index (χ4n) is 7.41. The molecular weight excluding hydrogens is 1040 g/mol. The zero-order valence-electron chi connectivity index (χ0n) is 40.3. The van der Waals surface area contributed by atoms with Crippen molar-refractivity contribution in [2.45, 2.75) is 12.2 Å². The van der Waals surface area contributed by atoms with Gasteiger partial charge in [0.1, 0.15) is 55.9 Å². The summed E-state index contributed by atoms with van der Waals surface area (Å²) in [5, 5.41) is 1.17. The predicted molar refractivity (Wildman–Crippen MR) is 268 cm³/mol. The van der Waals surface area contributed by atoms with Crippen molar-refractivity contribution in [2.75, 3.05) is 119 Å². The first-order valence-corrected chi connectivity index (χ1v) is 23.5. The molecule has 20 heteroatoms. The third-order valence-electron chi connectivity index (χ3n) is 11.3. The molecule has 0 N–H and O–H groups in total. The Morgan fingerprint density at radius 2 is 1.04 bits per heavy atom. The molecule has 2 atom stereocenters. The molecule has 18 nitrogen and oxygen atoms in total. The van der Waals surface area contributed by atoms with Gasteiger partial charge in [-0.1, -0.05) is 24.3 Å². The van der Waals surface area contributed by atoms with Gasteiger partial charge in [-0.25, -0.2) is 15.0 Å². The summed E-state index contributed by atoms with van der Waals surface area (Å²) < 4.78 is 54.8. The fraction of sp³-hybridized carbons (Fsp3) is 0.360. The van der Waals surface area contributed by atoms with Crippen LogP contribution >= 0.6 is 31.9 Å². The van der Waals surface area contributed by atoms with Gasteiger partial charge in [0.05, 0.1) is 62.0 Å². The largest absolute Gasteiger partial charge is 0.495 e. The molecule has 4 heterocycles. The van der Waals surface area contributed by atoms with Crippen LogP contribution in [0, 0.1) is 0 Å². The maximum absolute atomic E-state index is 13.1. The number of anilines is 2. The van der Waals surface area contributed by atoms with E-state index in [-0.39, 0.29) is 17.6 Å². The highest BCUT2D eigenvalue weighted by Crippen LogP contribution is 2.40. The molecule has 2 aliphatic heterocycles. The van der Waals surface area contributed by atoms with Crippen molar-refractivity contribution in [1.29, 1.82) is 0 Å². The SMILES string of the molecule is COC(C(=O)N(C)OC)c1ccc(N2CCOCC2)cc1.COc1cc(-c2coc(C(=O)C(OC)c3ccc(N4CCOCC4)cc3)n2)cc(OC)c1Br.COc1cc(-c2cocn2)cc(OC)c1Br. The Hall–Kier alpha value is -6.00. The number of Topliss-reactive ketones (excluding diaryl/α,β-unsaturated/α-hetero) is 1. The van der Waals surface area contributed by atoms with Gasteiger partial charge in [-0.2, -0.15) is 0 Å². The summed E-state index contributed by atoms with van der Waals surface area (Å²) in [4.78, 5) is 43.2. The van der Waals surface area contributed by atoms with Gasteiger partial charge in [0.15, 0.2) is 18.6 Å². The molecule has 2 unspecified atom stereocenters. The van der Waals surface area contributed by atoms with E-state index >= 15 is 0 Å². The van der Waals surface area contributed by atoms with Gasteiger partial charge in [0.25, 0.3) is 17.6 Å². The van der Waals surface area contributed by atoms with Gasteiger partial charge < -0.3 is 56.5 Å². The van der Waals surface area contributed by atoms with E-state index in [1.807, 2.05) is 60.7 Å². The average molecular weight is 1100 g/mol. The molecule has 2 fully saturated rings. The summed E-state index contributed by atoms with van der Waals surface area (Å²) in [5.41, 5.74) is 6.55. The summed E-state index contributed by atoms with van der Waals surface area (Å²) in [6, 6.07) is 22.9. The number of halogens is 2. The molecule has 2 aliphatic rings. The van der Waals surface area contributed by atoms with Gasteiger partial charge in [-0.05, 0) is 91.5 Å². The first-order chi connectivity index (χ1) is 34.0. The topological polar surface area (TPSA) is 179 Å². The lowest BCUT2D eigenvalue weighted by molar-refractivity contribution is -0.179. The Morgan fingerprint density at radius 3 is 1.43 bits per heavy atom. The number of methoxy groups -OCH3 is 6. The van der Waals surface area contributed by atoms with Gasteiger partial charge in [0, 0.05) is 69.9 Å². The molecule has 2 aromatic heterocycles. The quantitative estimate of drug-likeness (QED) is 0.0662. The number of rotatable bonds is 16. The summed E-state index contributed by atoms with van der Waals surface area (Å²) in [5.74, 6) is 1.91. The van der Waals surface area contributed by atoms with E-state index < -0.39 is 12.2 Å². The van der Waals surface area contributed by atoms with Crippen molar-refractivity contribution in [1.82, 2.24) is 15.0 Å².